The Morgan fingerprint density at radius 2 is 2.25 bits per heavy atom. The monoisotopic (exact) mass is 346 g/mol. The normalized spacial score (nSPS) is 13.7. The lowest BCUT2D eigenvalue weighted by Crippen LogP contribution is -2.35. The number of amides is 1. The molecule has 24 heavy (non-hydrogen) atoms. The lowest BCUT2D eigenvalue weighted by molar-refractivity contribution is -0.129. The van der Waals surface area contributed by atoms with Gasteiger partial charge in [-0.2, -0.15) is 0 Å². The van der Waals surface area contributed by atoms with Gasteiger partial charge in [-0.1, -0.05) is 0 Å². The maximum Gasteiger partial charge on any atom is 0.219 e. The van der Waals surface area contributed by atoms with E-state index in [2.05, 4.69) is 20.3 Å². The molecule has 3 heterocycles. The van der Waals surface area contributed by atoms with E-state index in [0.717, 1.165) is 60.9 Å². The molecule has 0 fully saturated rings. The van der Waals surface area contributed by atoms with Crippen LogP contribution >= 0.6 is 11.3 Å². The Morgan fingerprint density at radius 3 is 2.96 bits per heavy atom. The van der Waals surface area contributed by atoms with Gasteiger partial charge in [0.1, 0.15) is 11.6 Å². The van der Waals surface area contributed by atoms with Crippen molar-refractivity contribution in [3.8, 4) is 0 Å². The number of aryl methyl sites for hydroxylation is 2. The van der Waals surface area contributed by atoms with E-state index < -0.39 is 0 Å². The molecule has 0 saturated heterocycles. The van der Waals surface area contributed by atoms with Crippen LogP contribution in [0.2, 0.25) is 0 Å². The fourth-order valence-corrected chi connectivity index (χ4v) is 3.48. The summed E-state index contributed by atoms with van der Waals surface area (Å²) < 4.78 is 0. The van der Waals surface area contributed by atoms with Gasteiger partial charge in [-0.3, -0.25) is 4.79 Å². The van der Waals surface area contributed by atoms with Crippen molar-refractivity contribution in [3.63, 3.8) is 0 Å². The zero-order valence-corrected chi connectivity index (χ0v) is 14.8. The summed E-state index contributed by atoms with van der Waals surface area (Å²) in [6.45, 7) is 5.60. The first-order chi connectivity index (χ1) is 11.5. The molecular formula is C16H22N6OS. The van der Waals surface area contributed by atoms with Gasteiger partial charge in [0.2, 0.25) is 5.91 Å². The number of aromatic nitrogens is 3. The first-order valence-corrected chi connectivity index (χ1v) is 8.96. The number of hydrogen-bond donors (Lipinski definition) is 2. The highest BCUT2D eigenvalue weighted by Gasteiger charge is 2.22. The molecule has 128 valence electrons. The van der Waals surface area contributed by atoms with E-state index in [-0.39, 0.29) is 5.91 Å². The Bertz CT molecular complexity index is 744. The van der Waals surface area contributed by atoms with E-state index in [1.165, 1.54) is 11.3 Å². The molecule has 0 aromatic carbocycles. The maximum atomic E-state index is 11.6. The molecule has 2 aromatic rings. The quantitative estimate of drug-likeness (QED) is 0.801. The number of hydrogen-bond acceptors (Lipinski definition) is 7. The highest BCUT2D eigenvalue weighted by Crippen LogP contribution is 2.23. The molecule has 0 bridgehead atoms. The topological polar surface area (TPSA) is 97.0 Å². The Kier molecular flexibility index (Phi) is 4.94. The van der Waals surface area contributed by atoms with Gasteiger partial charge in [-0.25, -0.2) is 15.0 Å². The summed E-state index contributed by atoms with van der Waals surface area (Å²) in [6, 6.07) is 0. The van der Waals surface area contributed by atoms with E-state index in [1.54, 1.807) is 6.92 Å². The second kappa shape index (κ2) is 7.12. The second-order valence-corrected chi connectivity index (χ2v) is 6.83. The first-order valence-electron chi connectivity index (χ1n) is 8.08. The molecule has 0 spiro atoms. The van der Waals surface area contributed by atoms with Crippen LogP contribution in [-0.2, 0) is 24.2 Å². The smallest absolute Gasteiger partial charge is 0.219 e. The van der Waals surface area contributed by atoms with Crippen LogP contribution < -0.4 is 11.1 Å². The number of nitrogens with zero attached hydrogens (tertiary/aromatic N) is 4. The highest BCUT2D eigenvalue weighted by molar-refractivity contribution is 7.13. The van der Waals surface area contributed by atoms with Gasteiger partial charge < -0.3 is 16.0 Å². The average molecular weight is 346 g/mol. The minimum Gasteiger partial charge on any atom is -0.375 e. The van der Waals surface area contributed by atoms with Gasteiger partial charge in [-0.15, -0.1) is 11.3 Å². The summed E-state index contributed by atoms with van der Waals surface area (Å²) in [6.07, 6.45) is 2.64. The fourth-order valence-electron chi connectivity index (χ4n) is 2.88. The lowest BCUT2D eigenvalue weighted by Gasteiger charge is -2.28. The highest BCUT2D eigenvalue weighted by atomic mass is 32.1. The van der Waals surface area contributed by atoms with Crippen molar-refractivity contribution in [2.75, 3.05) is 24.1 Å². The first kappa shape index (κ1) is 16.6. The number of fused-ring (bicyclic) bond motifs is 1. The molecular weight excluding hydrogens is 324 g/mol. The lowest BCUT2D eigenvalue weighted by atomic mass is 10.1. The Labute approximate surface area is 145 Å². The maximum absolute atomic E-state index is 11.6. The molecule has 8 heteroatoms. The Balaban J connectivity index is 1.62. The van der Waals surface area contributed by atoms with Crippen LogP contribution in [0.4, 0.5) is 10.9 Å². The largest absolute Gasteiger partial charge is 0.375 e. The van der Waals surface area contributed by atoms with Crippen LogP contribution in [0.25, 0.3) is 0 Å². The van der Waals surface area contributed by atoms with Crippen molar-refractivity contribution in [2.45, 2.75) is 39.7 Å². The zero-order chi connectivity index (χ0) is 17.1. The predicted molar refractivity (Wildman–Crippen MR) is 94.9 cm³/mol. The van der Waals surface area contributed by atoms with Crippen LogP contribution in [0.5, 0.6) is 0 Å². The van der Waals surface area contributed by atoms with Gasteiger partial charge >= 0.3 is 0 Å². The third-order valence-corrected chi connectivity index (χ3v) is 4.82. The molecule has 3 rings (SSSR count). The summed E-state index contributed by atoms with van der Waals surface area (Å²) in [7, 11) is 0. The molecule has 1 aliphatic heterocycles. The van der Waals surface area contributed by atoms with Gasteiger partial charge in [0, 0.05) is 31.0 Å². The van der Waals surface area contributed by atoms with Gasteiger partial charge in [0.05, 0.1) is 17.9 Å². The molecule has 1 aliphatic rings. The SMILES string of the molecule is CC(=O)N1CCc2c(nc(C)nc2NCCCc2csc(N)n2)C1. The van der Waals surface area contributed by atoms with Crippen molar-refractivity contribution in [2.24, 2.45) is 0 Å². The van der Waals surface area contributed by atoms with Crippen LogP contribution in [0.1, 0.15) is 36.1 Å². The van der Waals surface area contributed by atoms with Crippen LogP contribution in [0, 0.1) is 6.92 Å². The van der Waals surface area contributed by atoms with Crippen molar-refractivity contribution in [1.29, 1.82) is 0 Å². The van der Waals surface area contributed by atoms with Crippen molar-refractivity contribution < 1.29 is 4.79 Å². The van der Waals surface area contributed by atoms with Crippen molar-refractivity contribution >= 4 is 28.2 Å². The third kappa shape index (κ3) is 3.81. The number of nitrogen functional groups attached to an aromatic ring is 1. The molecule has 0 saturated carbocycles. The number of rotatable bonds is 5. The number of nitrogens with two attached hydrogens (primary N) is 1. The summed E-state index contributed by atoms with van der Waals surface area (Å²) in [4.78, 5) is 26.7. The van der Waals surface area contributed by atoms with Gasteiger partial charge in [0.15, 0.2) is 5.13 Å². The number of carbonyl (C=O) groups excluding carboxylic acids is 1. The summed E-state index contributed by atoms with van der Waals surface area (Å²) >= 11 is 1.48. The molecule has 0 aliphatic carbocycles. The second-order valence-electron chi connectivity index (χ2n) is 5.94. The van der Waals surface area contributed by atoms with Crippen LogP contribution in [0.15, 0.2) is 5.38 Å². The molecule has 3 N–H and O–H groups in total. The minimum absolute atomic E-state index is 0.0916. The van der Waals surface area contributed by atoms with Crippen molar-refractivity contribution in [3.05, 3.63) is 28.2 Å². The van der Waals surface area contributed by atoms with Gasteiger partial charge in [0.25, 0.3) is 0 Å². The van der Waals surface area contributed by atoms with Gasteiger partial charge in [-0.05, 0) is 26.2 Å². The molecule has 7 nitrogen and oxygen atoms in total. The van der Waals surface area contributed by atoms with E-state index in [0.29, 0.717) is 11.7 Å². The number of thiazole rings is 1. The van der Waals surface area contributed by atoms with E-state index >= 15 is 0 Å². The van der Waals surface area contributed by atoms with E-state index in [4.69, 9.17) is 5.73 Å². The standard InChI is InChI=1S/C16H22N6OS/c1-10-19-14-8-22(11(2)23)7-5-13(14)15(20-10)18-6-3-4-12-9-24-16(17)21-12/h9H,3-8H2,1-2H3,(H2,17,21)(H,18,19,20). The summed E-state index contributed by atoms with van der Waals surface area (Å²) in [5, 5.41) is 6.05. The molecule has 0 unspecified atom stereocenters. The minimum atomic E-state index is 0.0916. The predicted octanol–water partition coefficient (Wildman–Crippen LogP) is 1.77. The molecule has 2 aromatic heterocycles. The molecule has 1 amide bonds. The van der Waals surface area contributed by atoms with E-state index in [9.17, 15) is 4.79 Å². The van der Waals surface area contributed by atoms with Crippen LogP contribution in [-0.4, -0.2) is 38.8 Å². The number of nitrogens with one attached hydrogen (secondary N) is 1. The van der Waals surface area contributed by atoms with Crippen molar-refractivity contribution in [1.82, 2.24) is 19.9 Å². The third-order valence-electron chi connectivity index (χ3n) is 4.09. The van der Waals surface area contributed by atoms with Crippen LogP contribution in [0.3, 0.4) is 0 Å². The average Bonchev–Trinajstić information content (AvgIpc) is 2.96. The summed E-state index contributed by atoms with van der Waals surface area (Å²) in [5.74, 6) is 1.72. The molecule has 0 atom stereocenters. The number of carbonyl (C=O) groups is 1. The fraction of sp³-hybridized carbons (Fsp3) is 0.500. The number of anilines is 2. The Morgan fingerprint density at radius 1 is 1.42 bits per heavy atom. The Hall–Kier alpha value is -2.22. The zero-order valence-electron chi connectivity index (χ0n) is 14.0. The summed E-state index contributed by atoms with van der Waals surface area (Å²) in [5.41, 5.74) is 8.78. The van der Waals surface area contributed by atoms with E-state index in [1.807, 2.05) is 17.2 Å². The molecule has 0 radical (unpaired) electrons.